The van der Waals surface area contributed by atoms with Gasteiger partial charge in [-0.25, -0.2) is 0 Å². The topological polar surface area (TPSA) is 0 Å². The van der Waals surface area contributed by atoms with Crippen molar-refractivity contribution < 1.29 is 0 Å². The highest BCUT2D eigenvalue weighted by atomic mass is 32.2. The van der Waals surface area contributed by atoms with Crippen LogP contribution in [0.2, 0.25) is 0 Å². The lowest BCUT2D eigenvalue weighted by Gasteiger charge is -2.45. The summed E-state index contributed by atoms with van der Waals surface area (Å²) in [6.07, 6.45) is 0. The molecule has 0 aliphatic heterocycles. The van der Waals surface area contributed by atoms with Gasteiger partial charge in [-0.05, 0) is 33.4 Å². The first-order valence-electron chi connectivity index (χ1n) is 13.4. The minimum absolute atomic E-state index is 0.509. The Kier molecular flexibility index (Phi) is 7.17. The second kappa shape index (κ2) is 11.2. The van der Waals surface area contributed by atoms with Gasteiger partial charge >= 0.3 is 0 Å². The molecule has 6 aromatic rings. The maximum atomic E-state index is 2.28. The predicted octanol–water partition coefficient (Wildman–Crippen LogP) is 9.70. The van der Waals surface area contributed by atoms with Crippen LogP contribution in [0.4, 0.5) is 0 Å². The van der Waals surface area contributed by atoms with Gasteiger partial charge in [0.15, 0.2) is 0 Å². The highest BCUT2D eigenvalue weighted by Crippen LogP contribution is 2.61. The lowest BCUT2D eigenvalue weighted by Crippen LogP contribution is -2.36. The summed E-state index contributed by atoms with van der Waals surface area (Å²) < 4.78 is -1.02. The lowest BCUT2D eigenvalue weighted by atomic mass is 9.83. The molecule has 0 radical (unpaired) electrons. The third kappa shape index (κ3) is 4.60. The molecule has 39 heavy (non-hydrogen) atoms. The Morgan fingerprint density at radius 3 is 0.538 bits per heavy atom. The third-order valence-electron chi connectivity index (χ3n) is 7.39. The molecule has 0 bridgehead atoms. The SMILES string of the molecule is c1ccc(C(SC(c2ccccc2)(c2ccccc2)c2ccccc2)(c2ccccc2)c2ccccc2)cc1. The van der Waals surface area contributed by atoms with Crippen LogP contribution in [0.3, 0.4) is 0 Å². The molecule has 0 amide bonds. The van der Waals surface area contributed by atoms with E-state index in [4.69, 9.17) is 0 Å². The van der Waals surface area contributed by atoms with E-state index in [0.717, 1.165) is 0 Å². The molecule has 188 valence electrons. The maximum absolute atomic E-state index is 2.28. The molecular formula is C38H30S. The highest BCUT2D eigenvalue weighted by Gasteiger charge is 2.48. The molecule has 0 heterocycles. The van der Waals surface area contributed by atoms with Crippen LogP contribution in [0.1, 0.15) is 33.4 Å². The van der Waals surface area contributed by atoms with E-state index < -0.39 is 9.49 Å². The van der Waals surface area contributed by atoms with Crippen LogP contribution in [0.25, 0.3) is 0 Å². The summed E-state index contributed by atoms with van der Waals surface area (Å²) in [6, 6.07) is 65.8. The molecule has 0 saturated heterocycles. The summed E-state index contributed by atoms with van der Waals surface area (Å²) in [5, 5.41) is 0. The molecule has 0 aromatic heterocycles. The number of thioether (sulfide) groups is 1. The normalized spacial score (nSPS) is 11.7. The number of rotatable bonds is 8. The maximum Gasteiger partial charge on any atom is 0.0922 e. The number of benzene rings is 6. The highest BCUT2D eigenvalue weighted by molar-refractivity contribution is 8.02. The van der Waals surface area contributed by atoms with Crippen LogP contribution in [0.15, 0.2) is 182 Å². The smallest absolute Gasteiger partial charge is 0.0922 e. The van der Waals surface area contributed by atoms with Gasteiger partial charge in [0.05, 0.1) is 9.49 Å². The summed E-state index contributed by atoms with van der Waals surface area (Å²) >= 11 is 2.00. The van der Waals surface area contributed by atoms with Crippen molar-refractivity contribution in [1.29, 1.82) is 0 Å². The monoisotopic (exact) mass is 518 g/mol. The fraction of sp³-hybridized carbons (Fsp3) is 0.0526. The summed E-state index contributed by atoms with van der Waals surface area (Å²) in [4.78, 5) is 0. The molecule has 0 saturated carbocycles. The first-order valence-corrected chi connectivity index (χ1v) is 14.2. The van der Waals surface area contributed by atoms with Gasteiger partial charge in [-0.3, -0.25) is 0 Å². The minimum Gasteiger partial charge on any atom is -0.119 e. The molecule has 0 atom stereocenters. The molecule has 0 aliphatic carbocycles. The first kappa shape index (κ1) is 25.0. The van der Waals surface area contributed by atoms with E-state index in [0.29, 0.717) is 0 Å². The molecule has 6 aromatic carbocycles. The van der Waals surface area contributed by atoms with Gasteiger partial charge < -0.3 is 0 Å². The second-order valence-corrected chi connectivity index (χ2v) is 11.1. The van der Waals surface area contributed by atoms with E-state index in [1.165, 1.54) is 33.4 Å². The molecule has 0 unspecified atom stereocenters. The Labute approximate surface area is 236 Å². The van der Waals surface area contributed by atoms with Crippen LogP contribution in [-0.2, 0) is 9.49 Å². The number of hydrogen-bond acceptors (Lipinski definition) is 1. The zero-order valence-corrected chi connectivity index (χ0v) is 22.5. The van der Waals surface area contributed by atoms with Crippen LogP contribution in [0.5, 0.6) is 0 Å². The van der Waals surface area contributed by atoms with Gasteiger partial charge in [-0.1, -0.05) is 182 Å². The predicted molar refractivity (Wildman–Crippen MR) is 166 cm³/mol. The fourth-order valence-electron chi connectivity index (χ4n) is 5.62. The Hall–Kier alpha value is -4.33. The molecule has 0 fully saturated rings. The van der Waals surface area contributed by atoms with Crippen molar-refractivity contribution in [3.63, 3.8) is 0 Å². The Balaban J connectivity index is 1.76. The van der Waals surface area contributed by atoms with Crippen molar-refractivity contribution in [2.75, 3.05) is 0 Å². The van der Waals surface area contributed by atoms with Crippen LogP contribution >= 0.6 is 11.8 Å². The average molecular weight is 519 g/mol. The Bertz CT molecular complexity index is 1260. The zero-order valence-electron chi connectivity index (χ0n) is 21.7. The molecular weight excluding hydrogens is 488 g/mol. The van der Waals surface area contributed by atoms with E-state index in [1.807, 2.05) is 11.8 Å². The van der Waals surface area contributed by atoms with Crippen molar-refractivity contribution in [2.45, 2.75) is 9.49 Å². The van der Waals surface area contributed by atoms with Gasteiger partial charge in [-0.15, -0.1) is 11.8 Å². The van der Waals surface area contributed by atoms with Crippen LogP contribution in [0, 0.1) is 0 Å². The summed E-state index contributed by atoms with van der Waals surface area (Å²) in [5.74, 6) is 0. The Morgan fingerprint density at radius 2 is 0.385 bits per heavy atom. The Morgan fingerprint density at radius 1 is 0.231 bits per heavy atom. The van der Waals surface area contributed by atoms with Gasteiger partial charge in [0.25, 0.3) is 0 Å². The minimum atomic E-state index is -0.509. The summed E-state index contributed by atoms with van der Waals surface area (Å²) in [6.45, 7) is 0. The molecule has 0 spiro atoms. The second-order valence-electron chi connectivity index (χ2n) is 9.66. The quantitative estimate of drug-likeness (QED) is 0.181. The van der Waals surface area contributed by atoms with E-state index in [1.54, 1.807) is 0 Å². The van der Waals surface area contributed by atoms with Crippen LogP contribution in [-0.4, -0.2) is 0 Å². The third-order valence-corrected chi connectivity index (χ3v) is 9.41. The summed E-state index contributed by atoms with van der Waals surface area (Å²) in [5.41, 5.74) is 7.50. The average Bonchev–Trinajstić information content (AvgIpc) is 3.04. The van der Waals surface area contributed by atoms with Gasteiger partial charge in [-0.2, -0.15) is 0 Å². The summed E-state index contributed by atoms with van der Waals surface area (Å²) in [7, 11) is 0. The fourth-order valence-corrected chi connectivity index (χ4v) is 7.60. The van der Waals surface area contributed by atoms with Crippen molar-refractivity contribution in [1.82, 2.24) is 0 Å². The molecule has 6 rings (SSSR count). The first-order chi connectivity index (χ1) is 19.3. The lowest BCUT2D eigenvalue weighted by molar-refractivity contribution is 0.831. The molecule has 0 nitrogen and oxygen atoms in total. The van der Waals surface area contributed by atoms with Gasteiger partial charge in [0.2, 0.25) is 0 Å². The van der Waals surface area contributed by atoms with Gasteiger partial charge in [0.1, 0.15) is 0 Å². The largest absolute Gasteiger partial charge is 0.119 e. The van der Waals surface area contributed by atoms with Crippen molar-refractivity contribution in [3.8, 4) is 0 Å². The van der Waals surface area contributed by atoms with E-state index in [9.17, 15) is 0 Å². The van der Waals surface area contributed by atoms with Crippen LogP contribution < -0.4 is 0 Å². The number of hydrogen-bond donors (Lipinski definition) is 0. The van der Waals surface area contributed by atoms with Crippen molar-refractivity contribution in [2.24, 2.45) is 0 Å². The molecule has 0 aliphatic rings. The standard InChI is InChI=1S/C38H30S/c1-7-19-31(20-8-1)37(32-21-9-2-10-22-32,33-23-11-3-12-24-33)39-38(34-25-13-4-14-26-34,35-27-15-5-16-28-35)36-29-17-6-18-30-36/h1-30H. The molecule has 1 heteroatoms. The van der Waals surface area contributed by atoms with Gasteiger partial charge in [0, 0.05) is 0 Å². The van der Waals surface area contributed by atoms with E-state index in [-0.39, 0.29) is 0 Å². The van der Waals surface area contributed by atoms with E-state index >= 15 is 0 Å². The molecule has 0 N–H and O–H groups in total. The zero-order chi connectivity index (χ0) is 26.4. The van der Waals surface area contributed by atoms with E-state index in [2.05, 4.69) is 182 Å². The van der Waals surface area contributed by atoms with Crippen molar-refractivity contribution in [3.05, 3.63) is 215 Å². The van der Waals surface area contributed by atoms with Crippen molar-refractivity contribution >= 4 is 11.8 Å².